The predicted molar refractivity (Wildman–Crippen MR) is 104 cm³/mol. The number of carbonyl (C=O) groups is 1. The molecule has 0 spiro atoms. The second-order valence-corrected chi connectivity index (χ2v) is 5.91. The van der Waals surface area contributed by atoms with E-state index in [-0.39, 0.29) is 5.91 Å². The summed E-state index contributed by atoms with van der Waals surface area (Å²) in [5, 5.41) is 3.27. The molecule has 5 heteroatoms. The molecule has 0 aliphatic heterocycles. The number of hydrogen-bond donors (Lipinski definition) is 1. The predicted octanol–water partition coefficient (Wildman–Crippen LogP) is 4.06. The number of aryl methyl sites for hydroxylation is 1. The molecule has 1 amide bonds. The van der Waals surface area contributed by atoms with Crippen LogP contribution in [0.5, 0.6) is 0 Å². The molecule has 0 radical (unpaired) electrons. The van der Waals surface area contributed by atoms with Crippen LogP contribution in [0.1, 0.15) is 28.8 Å². The topological polar surface area (TPSA) is 58.1 Å². The molecule has 0 bridgehead atoms. The minimum atomic E-state index is -0.132. The van der Waals surface area contributed by atoms with Crippen LogP contribution in [0.15, 0.2) is 66.7 Å². The van der Waals surface area contributed by atoms with Gasteiger partial charge in [-0.3, -0.25) is 4.79 Å². The zero-order valence-corrected chi connectivity index (χ0v) is 15.0. The fraction of sp³-hybridized carbons (Fsp3) is 0.190. The van der Waals surface area contributed by atoms with Crippen LogP contribution in [0, 0.1) is 6.92 Å². The van der Waals surface area contributed by atoms with Gasteiger partial charge in [0.1, 0.15) is 17.3 Å². The van der Waals surface area contributed by atoms with Gasteiger partial charge < -0.3 is 10.2 Å². The Morgan fingerprint density at radius 3 is 2.31 bits per heavy atom. The third-order valence-corrected chi connectivity index (χ3v) is 4.00. The second-order valence-electron chi connectivity index (χ2n) is 5.91. The summed E-state index contributed by atoms with van der Waals surface area (Å²) in [6.07, 6.45) is 0. The standard InChI is InChI=1S/C21H22N4O/c1-3-25(18-12-8-5-9-13-18)21(26)19-14-20(24-16(2)23-19)22-15-17-10-6-4-7-11-17/h4-14H,3,15H2,1-2H3,(H,22,23,24). The Bertz CT molecular complexity index is 866. The Kier molecular flexibility index (Phi) is 5.59. The number of rotatable bonds is 6. The molecule has 0 saturated heterocycles. The Labute approximate surface area is 153 Å². The Hall–Kier alpha value is -3.21. The summed E-state index contributed by atoms with van der Waals surface area (Å²) in [6.45, 7) is 4.95. The van der Waals surface area contributed by atoms with Crippen molar-refractivity contribution in [1.29, 1.82) is 0 Å². The van der Waals surface area contributed by atoms with Crippen LogP contribution in [0.2, 0.25) is 0 Å². The first-order valence-corrected chi connectivity index (χ1v) is 8.67. The zero-order chi connectivity index (χ0) is 18.4. The van der Waals surface area contributed by atoms with Gasteiger partial charge in [-0.25, -0.2) is 9.97 Å². The van der Waals surface area contributed by atoms with E-state index in [1.165, 1.54) is 0 Å². The number of anilines is 2. The average molecular weight is 346 g/mol. The van der Waals surface area contributed by atoms with Crippen LogP contribution in [0.25, 0.3) is 0 Å². The van der Waals surface area contributed by atoms with Crippen LogP contribution in [-0.2, 0) is 6.54 Å². The first-order chi connectivity index (χ1) is 12.7. The Morgan fingerprint density at radius 1 is 1.00 bits per heavy atom. The van der Waals surface area contributed by atoms with Gasteiger partial charge >= 0.3 is 0 Å². The van der Waals surface area contributed by atoms with Gasteiger partial charge in [-0.1, -0.05) is 48.5 Å². The van der Waals surface area contributed by atoms with Crippen LogP contribution in [0.3, 0.4) is 0 Å². The molecule has 0 fully saturated rings. The van der Waals surface area contributed by atoms with Crippen LogP contribution in [-0.4, -0.2) is 22.4 Å². The van der Waals surface area contributed by atoms with Crippen LogP contribution in [0.4, 0.5) is 11.5 Å². The Morgan fingerprint density at radius 2 is 1.65 bits per heavy atom. The number of benzene rings is 2. The summed E-state index contributed by atoms with van der Waals surface area (Å²) in [5.74, 6) is 1.08. The van der Waals surface area contributed by atoms with Gasteiger partial charge in [0.2, 0.25) is 0 Å². The van der Waals surface area contributed by atoms with Gasteiger partial charge in [-0.05, 0) is 31.5 Å². The van der Waals surface area contributed by atoms with Crippen molar-refractivity contribution in [3.05, 3.63) is 83.8 Å². The molecule has 132 valence electrons. The number of para-hydroxylation sites is 1. The zero-order valence-electron chi connectivity index (χ0n) is 15.0. The number of hydrogen-bond acceptors (Lipinski definition) is 4. The number of nitrogens with zero attached hydrogens (tertiary/aromatic N) is 3. The summed E-state index contributed by atoms with van der Waals surface area (Å²) in [7, 11) is 0. The van der Waals surface area contributed by atoms with Gasteiger partial charge in [0.25, 0.3) is 5.91 Å². The highest BCUT2D eigenvalue weighted by atomic mass is 16.2. The van der Waals surface area contributed by atoms with E-state index in [1.54, 1.807) is 17.9 Å². The summed E-state index contributed by atoms with van der Waals surface area (Å²) < 4.78 is 0. The van der Waals surface area contributed by atoms with Crippen molar-refractivity contribution < 1.29 is 4.79 Å². The first-order valence-electron chi connectivity index (χ1n) is 8.67. The maximum Gasteiger partial charge on any atom is 0.277 e. The normalized spacial score (nSPS) is 10.4. The molecule has 1 N–H and O–H groups in total. The lowest BCUT2D eigenvalue weighted by Crippen LogP contribution is -2.31. The molecule has 2 aromatic carbocycles. The van der Waals surface area contributed by atoms with E-state index >= 15 is 0 Å². The van der Waals surface area contributed by atoms with Gasteiger partial charge in [0, 0.05) is 24.8 Å². The SMILES string of the molecule is CCN(C(=O)c1cc(NCc2ccccc2)nc(C)n1)c1ccccc1. The quantitative estimate of drug-likeness (QED) is 0.731. The third-order valence-electron chi connectivity index (χ3n) is 4.00. The van der Waals surface area contributed by atoms with E-state index in [0.29, 0.717) is 30.4 Å². The minimum absolute atomic E-state index is 0.132. The highest BCUT2D eigenvalue weighted by molar-refractivity contribution is 6.05. The number of amides is 1. The Balaban J connectivity index is 1.81. The van der Waals surface area contributed by atoms with E-state index in [4.69, 9.17) is 0 Å². The molecule has 1 aromatic heterocycles. The van der Waals surface area contributed by atoms with Gasteiger partial charge in [0.05, 0.1) is 0 Å². The molecule has 0 unspecified atom stereocenters. The lowest BCUT2D eigenvalue weighted by Gasteiger charge is -2.21. The summed E-state index contributed by atoms with van der Waals surface area (Å²) in [5.41, 5.74) is 2.39. The van der Waals surface area contributed by atoms with Gasteiger partial charge in [0.15, 0.2) is 0 Å². The maximum atomic E-state index is 13.0. The summed E-state index contributed by atoms with van der Waals surface area (Å²) >= 11 is 0. The first kappa shape index (κ1) is 17.6. The van der Waals surface area contributed by atoms with Crippen molar-refractivity contribution in [2.24, 2.45) is 0 Å². The third kappa shape index (κ3) is 4.25. The lowest BCUT2D eigenvalue weighted by molar-refractivity contribution is 0.0983. The molecular formula is C21H22N4O. The van der Waals surface area contributed by atoms with E-state index in [1.807, 2.05) is 67.6 Å². The van der Waals surface area contributed by atoms with Crippen molar-refractivity contribution in [3.8, 4) is 0 Å². The fourth-order valence-electron chi connectivity index (χ4n) is 2.75. The van der Waals surface area contributed by atoms with E-state index in [2.05, 4.69) is 15.3 Å². The molecule has 0 saturated carbocycles. The molecule has 5 nitrogen and oxygen atoms in total. The fourth-order valence-corrected chi connectivity index (χ4v) is 2.75. The van der Waals surface area contributed by atoms with E-state index in [0.717, 1.165) is 11.3 Å². The summed E-state index contributed by atoms with van der Waals surface area (Å²) in [4.78, 5) is 23.4. The lowest BCUT2D eigenvalue weighted by atomic mass is 10.2. The van der Waals surface area contributed by atoms with Crippen LogP contribution >= 0.6 is 0 Å². The van der Waals surface area contributed by atoms with Crippen molar-refractivity contribution in [3.63, 3.8) is 0 Å². The molecule has 3 rings (SSSR count). The number of nitrogens with one attached hydrogen (secondary N) is 1. The maximum absolute atomic E-state index is 13.0. The number of carbonyl (C=O) groups excluding carboxylic acids is 1. The van der Waals surface area contributed by atoms with Crippen molar-refractivity contribution in [2.45, 2.75) is 20.4 Å². The highest BCUT2D eigenvalue weighted by Gasteiger charge is 2.18. The van der Waals surface area contributed by atoms with Crippen molar-refractivity contribution >= 4 is 17.4 Å². The van der Waals surface area contributed by atoms with E-state index in [9.17, 15) is 4.79 Å². The molecule has 26 heavy (non-hydrogen) atoms. The number of aromatic nitrogens is 2. The smallest absolute Gasteiger partial charge is 0.277 e. The second kappa shape index (κ2) is 8.25. The molecule has 0 aliphatic carbocycles. The van der Waals surface area contributed by atoms with Gasteiger partial charge in [-0.2, -0.15) is 0 Å². The minimum Gasteiger partial charge on any atom is -0.366 e. The van der Waals surface area contributed by atoms with Crippen molar-refractivity contribution in [1.82, 2.24) is 9.97 Å². The highest BCUT2D eigenvalue weighted by Crippen LogP contribution is 2.17. The summed E-state index contributed by atoms with van der Waals surface area (Å²) in [6, 6.07) is 21.4. The largest absolute Gasteiger partial charge is 0.366 e. The molecule has 1 heterocycles. The van der Waals surface area contributed by atoms with Gasteiger partial charge in [-0.15, -0.1) is 0 Å². The molecular weight excluding hydrogens is 324 g/mol. The molecule has 0 aliphatic rings. The van der Waals surface area contributed by atoms with Crippen LogP contribution < -0.4 is 10.2 Å². The average Bonchev–Trinajstić information content (AvgIpc) is 2.68. The van der Waals surface area contributed by atoms with Crippen molar-refractivity contribution in [2.75, 3.05) is 16.8 Å². The monoisotopic (exact) mass is 346 g/mol. The molecule has 0 atom stereocenters. The molecule has 3 aromatic rings. The van der Waals surface area contributed by atoms with E-state index < -0.39 is 0 Å².